The van der Waals surface area contributed by atoms with E-state index in [-0.39, 0.29) is 5.91 Å². The largest absolute Gasteiger partial charge is 0.368 e. The monoisotopic (exact) mass is 350 g/mol. The summed E-state index contributed by atoms with van der Waals surface area (Å²) in [7, 11) is 0. The highest BCUT2D eigenvalue weighted by Crippen LogP contribution is 2.30. The number of aliphatic imine (C=N–C) groups is 1. The Morgan fingerprint density at radius 3 is 2.44 bits per heavy atom. The fourth-order valence-electron chi connectivity index (χ4n) is 2.94. The number of anilines is 1. The van der Waals surface area contributed by atoms with Gasteiger partial charge in [0.15, 0.2) is 5.17 Å². The molecule has 25 heavy (non-hydrogen) atoms. The van der Waals surface area contributed by atoms with Gasteiger partial charge in [-0.1, -0.05) is 24.3 Å². The van der Waals surface area contributed by atoms with Crippen LogP contribution in [0.4, 0.5) is 5.69 Å². The number of para-hydroxylation sites is 1. The molecule has 1 aromatic carbocycles. The van der Waals surface area contributed by atoms with E-state index in [1.807, 2.05) is 24.3 Å². The first-order valence-electron chi connectivity index (χ1n) is 8.27. The molecule has 1 aromatic heterocycles. The van der Waals surface area contributed by atoms with Gasteiger partial charge in [0.1, 0.15) is 0 Å². The van der Waals surface area contributed by atoms with Crippen LogP contribution in [0.25, 0.3) is 6.08 Å². The summed E-state index contributed by atoms with van der Waals surface area (Å²) in [5, 5.41) is 0.813. The molecule has 0 radical (unpaired) electrons. The zero-order valence-electron chi connectivity index (χ0n) is 13.7. The Morgan fingerprint density at radius 1 is 0.960 bits per heavy atom. The summed E-state index contributed by atoms with van der Waals surface area (Å²) in [6.45, 7) is 3.60. The van der Waals surface area contributed by atoms with Gasteiger partial charge in [0, 0.05) is 44.3 Å². The van der Waals surface area contributed by atoms with Gasteiger partial charge in [0.25, 0.3) is 5.91 Å². The maximum absolute atomic E-state index is 12.2. The predicted molar refractivity (Wildman–Crippen MR) is 102 cm³/mol. The van der Waals surface area contributed by atoms with Crippen LogP contribution in [0.2, 0.25) is 0 Å². The van der Waals surface area contributed by atoms with Crippen LogP contribution in [0, 0.1) is 0 Å². The first kappa shape index (κ1) is 15.9. The number of amidine groups is 1. The van der Waals surface area contributed by atoms with Crippen molar-refractivity contribution in [1.82, 2.24) is 9.88 Å². The number of piperazine rings is 1. The van der Waals surface area contributed by atoms with Crippen molar-refractivity contribution in [3.8, 4) is 0 Å². The van der Waals surface area contributed by atoms with Crippen LogP contribution in [0.1, 0.15) is 5.56 Å². The number of aromatic nitrogens is 1. The summed E-state index contributed by atoms with van der Waals surface area (Å²) < 4.78 is 0. The van der Waals surface area contributed by atoms with Crippen molar-refractivity contribution < 1.29 is 4.79 Å². The topological polar surface area (TPSA) is 48.8 Å². The molecule has 4 rings (SSSR count). The number of pyridine rings is 1. The summed E-state index contributed by atoms with van der Waals surface area (Å²) in [5.41, 5.74) is 2.17. The first-order valence-corrected chi connectivity index (χ1v) is 9.09. The summed E-state index contributed by atoms with van der Waals surface area (Å²) in [5.74, 6) is -0.158. The summed E-state index contributed by atoms with van der Waals surface area (Å²) >= 11 is 1.46. The Hall–Kier alpha value is -2.60. The highest BCUT2D eigenvalue weighted by molar-refractivity contribution is 8.18. The van der Waals surface area contributed by atoms with Crippen molar-refractivity contribution in [2.45, 2.75) is 0 Å². The highest BCUT2D eigenvalue weighted by atomic mass is 32.2. The molecule has 0 spiro atoms. The Balaban J connectivity index is 1.40. The van der Waals surface area contributed by atoms with Gasteiger partial charge in [-0.15, -0.1) is 0 Å². The number of amides is 1. The van der Waals surface area contributed by atoms with Crippen LogP contribution in [0.5, 0.6) is 0 Å². The minimum absolute atomic E-state index is 0.158. The number of carbonyl (C=O) groups excluding carboxylic acids is 1. The zero-order valence-corrected chi connectivity index (χ0v) is 14.5. The molecule has 1 amide bonds. The van der Waals surface area contributed by atoms with Gasteiger partial charge < -0.3 is 9.80 Å². The lowest BCUT2D eigenvalue weighted by Gasteiger charge is -2.36. The molecule has 2 aromatic rings. The van der Waals surface area contributed by atoms with Gasteiger partial charge in [-0.2, -0.15) is 4.99 Å². The number of rotatable bonds is 2. The second-order valence-electron chi connectivity index (χ2n) is 5.91. The van der Waals surface area contributed by atoms with Crippen LogP contribution in [-0.4, -0.2) is 47.1 Å². The molecule has 0 aliphatic carbocycles. The van der Waals surface area contributed by atoms with E-state index < -0.39 is 0 Å². The minimum Gasteiger partial charge on any atom is -0.368 e. The average molecular weight is 350 g/mol. The van der Waals surface area contributed by atoms with Gasteiger partial charge in [0.05, 0.1) is 4.91 Å². The molecule has 0 N–H and O–H groups in total. The van der Waals surface area contributed by atoms with Crippen molar-refractivity contribution in [2.75, 3.05) is 31.1 Å². The van der Waals surface area contributed by atoms with E-state index in [0.717, 1.165) is 36.9 Å². The third-order valence-electron chi connectivity index (χ3n) is 4.26. The minimum atomic E-state index is -0.158. The molecule has 2 aliphatic rings. The SMILES string of the molecule is O=C1N=C(N2CCN(c3ccccc3)CC2)SC1=Cc1cccnc1. The zero-order chi connectivity index (χ0) is 17.1. The highest BCUT2D eigenvalue weighted by Gasteiger charge is 2.28. The maximum atomic E-state index is 12.2. The summed E-state index contributed by atoms with van der Waals surface area (Å²) in [6, 6.07) is 14.2. The van der Waals surface area contributed by atoms with E-state index in [1.54, 1.807) is 12.4 Å². The molecule has 5 nitrogen and oxygen atoms in total. The average Bonchev–Trinajstić information content (AvgIpc) is 3.04. The van der Waals surface area contributed by atoms with E-state index in [1.165, 1.54) is 17.4 Å². The molecule has 3 heterocycles. The quantitative estimate of drug-likeness (QED) is 0.780. The second-order valence-corrected chi connectivity index (χ2v) is 6.92. The van der Waals surface area contributed by atoms with Crippen molar-refractivity contribution in [1.29, 1.82) is 0 Å². The molecule has 126 valence electrons. The van der Waals surface area contributed by atoms with E-state index in [2.05, 4.69) is 44.0 Å². The standard InChI is InChI=1S/C19H18N4OS/c24-18-17(13-15-5-4-8-20-14-15)25-19(21-18)23-11-9-22(10-12-23)16-6-2-1-3-7-16/h1-8,13-14H,9-12H2. The van der Waals surface area contributed by atoms with E-state index in [0.29, 0.717) is 4.91 Å². The molecular formula is C19H18N4OS. The lowest BCUT2D eigenvalue weighted by Crippen LogP contribution is -2.47. The van der Waals surface area contributed by atoms with E-state index in [4.69, 9.17) is 0 Å². The molecule has 2 aliphatic heterocycles. The summed E-state index contributed by atoms with van der Waals surface area (Å²) in [6.07, 6.45) is 5.33. The maximum Gasteiger partial charge on any atom is 0.286 e. The number of carbonyl (C=O) groups is 1. The molecule has 0 unspecified atom stereocenters. The number of benzene rings is 1. The Kier molecular flexibility index (Phi) is 4.52. The molecule has 1 fully saturated rings. The second kappa shape index (κ2) is 7.11. The first-order chi connectivity index (χ1) is 12.3. The third-order valence-corrected chi connectivity index (χ3v) is 5.31. The van der Waals surface area contributed by atoms with E-state index >= 15 is 0 Å². The Morgan fingerprint density at radius 2 is 1.72 bits per heavy atom. The van der Waals surface area contributed by atoms with Crippen LogP contribution in [0.3, 0.4) is 0 Å². The molecule has 0 bridgehead atoms. The van der Waals surface area contributed by atoms with Crippen LogP contribution < -0.4 is 4.90 Å². The number of hydrogen-bond donors (Lipinski definition) is 0. The Labute approximate surface area is 151 Å². The van der Waals surface area contributed by atoms with Crippen LogP contribution in [0.15, 0.2) is 64.8 Å². The Bertz CT molecular complexity index is 812. The molecule has 0 atom stereocenters. The normalized spacial score (nSPS) is 19.4. The molecule has 1 saturated heterocycles. The number of hydrogen-bond acceptors (Lipinski definition) is 5. The van der Waals surface area contributed by atoms with Crippen molar-refractivity contribution in [3.05, 3.63) is 65.3 Å². The van der Waals surface area contributed by atoms with Crippen molar-refractivity contribution in [3.63, 3.8) is 0 Å². The smallest absolute Gasteiger partial charge is 0.286 e. The van der Waals surface area contributed by atoms with Crippen molar-refractivity contribution >= 4 is 34.6 Å². The van der Waals surface area contributed by atoms with Gasteiger partial charge in [-0.25, -0.2) is 0 Å². The lowest BCUT2D eigenvalue weighted by molar-refractivity contribution is -0.113. The predicted octanol–water partition coefficient (Wildman–Crippen LogP) is 2.87. The van der Waals surface area contributed by atoms with Gasteiger partial charge >= 0.3 is 0 Å². The van der Waals surface area contributed by atoms with E-state index in [9.17, 15) is 4.79 Å². The third kappa shape index (κ3) is 3.58. The van der Waals surface area contributed by atoms with Gasteiger partial charge in [0.2, 0.25) is 0 Å². The number of thioether (sulfide) groups is 1. The fraction of sp³-hybridized carbons (Fsp3) is 0.211. The van der Waals surface area contributed by atoms with Gasteiger partial charge in [-0.3, -0.25) is 9.78 Å². The summed E-state index contributed by atoms with van der Waals surface area (Å²) in [4.78, 5) is 25.7. The molecule has 0 saturated carbocycles. The van der Waals surface area contributed by atoms with Gasteiger partial charge in [-0.05, 0) is 41.6 Å². The van der Waals surface area contributed by atoms with Crippen LogP contribution >= 0.6 is 11.8 Å². The lowest BCUT2D eigenvalue weighted by atomic mass is 10.2. The molecular weight excluding hydrogens is 332 g/mol. The molecule has 6 heteroatoms. The fourth-order valence-corrected chi connectivity index (χ4v) is 3.91. The number of nitrogens with zero attached hydrogens (tertiary/aromatic N) is 4. The van der Waals surface area contributed by atoms with Crippen LogP contribution in [-0.2, 0) is 4.79 Å². The van der Waals surface area contributed by atoms with Crippen molar-refractivity contribution in [2.24, 2.45) is 4.99 Å².